The van der Waals surface area contributed by atoms with Crippen molar-refractivity contribution in [3.8, 4) is 11.4 Å². The quantitative estimate of drug-likeness (QED) is 0.505. The Hall–Kier alpha value is -2.60. The Morgan fingerprint density at radius 3 is 2.48 bits per heavy atom. The fourth-order valence-electron chi connectivity index (χ4n) is 3.37. The third-order valence-corrected chi connectivity index (χ3v) is 5.83. The predicted molar refractivity (Wildman–Crippen MR) is 119 cm³/mol. The van der Waals surface area contributed by atoms with E-state index in [2.05, 4.69) is 65.1 Å². The Kier molecular flexibility index (Phi) is 7.47. The molecule has 5 nitrogen and oxygen atoms in total. The second-order valence-corrected chi connectivity index (χ2v) is 7.92. The lowest BCUT2D eigenvalue weighted by Gasteiger charge is -2.18. The zero-order chi connectivity index (χ0) is 20.6. The van der Waals surface area contributed by atoms with Crippen LogP contribution in [0.5, 0.6) is 0 Å². The molecule has 2 aromatic carbocycles. The smallest absolute Gasteiger partial charge is 0.230 e. The lowest BCUT2D eigenvalue weighted by molar-refractivity contribution is -0.119. The molecule has 0 aliphatic carbocycles. The van der Waals surface area contributed by atoms with Crippen LogP contribution in [0.4, 0.5) is 0 Å². The van der Waals surface area contributed by atoms with E-state index in [4.69, 9.17) is 0 Å². The Bertz CT molecular complexity index is 939. The molecular formula is C23H28N4OS. The van der Waals surface area contributed by atoms with E-state index < -0.39 is 0 Å². The van der Waals surface area contributed by atoms with Crippen molar-refractivity contribution in [1.29, 1.82) is 0 Å². The van der Waals surface area contributed by atoms with Crippen LogP contribution in [0.2, 0.25) is 0 Å². The molecule has 0 bridgehead atoms. The molecule has 1 aromatic heterocycles. The van der Waals surface area contributed by atoms with Gasteiger partial charge in [0, 0.05) is 12.1 Å². The number of benzene rings is 2. The van der Waals surface area contributed by atoms with E-state index >= 15 is 0 Å². The first kappa shape index (κ1) is 21.1. The largest absolute Gasteiger partial charge is 0.349 e. The van der Waals surface area contributed by atoms with E-state index in [1.54, 1.807) is 0 Å². The van der Waals surface area contributed by atoms with Gasteiger partial charge in [-0.05, 0) is 31.4 Å². The van der Waals surface area contributed by atoms with Gasteiger partial charge in [-0.25, -0.2) is 0 Å². The summed E-state index contributed by atoms with van der Waals surface area (Å²) in [5, 5.41) is 12.7. The second-order valence-electron chi connectivity index (χ2n) is 6.97. The maximum absolute atomic E-state index is 12.6. The fraction of sp³-hybridized carbons (Fsp3) is 0.348. The normalized spacial score (nSPS) is 12.0. The van der Waals surface area contributed by atoms with Crippen molar-refractivity contribution in [2.45, 2.75) is 51.4 Å². The predicted octanol–water partition coefficient (Wildman–Crippen LogP) is 5.02. The number of aromatic nitrogens is 3. The average Bonchev–Trinajstić information content (AvgIpc) is 3.15. The summed E-state index contributed by atoms with van der Waals surface area (Å²) >= 11 is 1.43. The molecule has 0 spiro atoms. The molecule has 0 aliphatic rings. The summed E-state index contributed by atoms with van der Waals surface area (Å²) in [6.07, 6.45) is 1.93. The summed E-state index contributed by atoms with van der Waals surface area (Å²) in [4.78, 5) is 12.6. The minimum atomic E-state index is 0.0143. The molecule has 1 amide bonds. The number of rotatable bonds is 9. The van der Waals surface area contributed by atoms with E-state index in [9.17, 15) is 4.79 Å². The van der Waals surface area contributed by atoms with Gasteiger partial charge in [-0.15, -0.1) is 10.2 Å². The van der Waals surface area contributed by atoms with Crippen LogP contribution in [0.3, 0.4) is 0 Å². The van der Waals surface area contributed by atoms with Crippen LogP contribution in [0.25, 0.3) is 11.4 Å². The highest BCUT2D eigenvalue weighted by Crippen LogP contribution is 2.26. The maximum atomic E-state index is 12.6. The van der Waals surface area contributed by atoms with Crippen LogP contribution < -0.4 is 5.32 Å². The minimum absolute atomic E-state index is 0.0143. The third kappa shape index (κ3) is 5.26. The van der Waals surface area contributed by atoms with E-state index in [1.165, 1.54) is 11.8 Å². The van der Waals surface area contributed by atoms with E-state index in [1.807, 2.05) is 30.3 Å². The number of hydrogen-bond acceptors (Lipinski definition) is 4. The number of amides is 1. The number of carbonyl (C=O) groups is 1. The maximum Gasteiger partial charge on any atom is 0.230 e. The Labute approximate surface area is 176 Å². The molecule has 1 atom stereocenters. The zero-order valence-corrected chi connectivity index (χ0v) is 18.1. The molecule has 1 unspecified atom stereocenters. The van der Waals surface area contributed by atoms with Gasteiger partial charge in [-0.2, -0.15) is 0 Å². The summed E-state index contributed by atoms with van der Waals surface area (Å²) in [5.74, 6) is 1.18. The summed E-state index contributed by atoms with van der Waals surface area (Å²) in [5.41, 5.74) is 3.38. The lowest BCUT2D eigenvalue weighted by Crippen LogP contribution is -2.30. The highest BCUT2D eigenvalue weighted by molar-refractivity contribution is 7.99. The van der Waals surface area contributed by atoms with Crippen molar-refractivity contribution in [2.75, 3.05) is 5.75 Å². The molecule has 6 heteroatoms. The van der Waals surface area contributed by atoms with Gasteiger partial charge in [0.05, 0.1) is 11.8 Å². The molecule has 152 valence electrons. The molecule has 0 saturated heterocycles. The highest BCUT2D eigenvalue weighted by Gasteiger charge is 2.17. The summed E-state index contributed by atoms with van der Waals surface area (Å²) in [7, 11) is 0. The van der Waals surface area contributed by atoms with Crippen molar-refractivity contribution < 1.29 is 4.79 Å². The Morgan fingerprint density at radius 1 is 1.07 bits per heavy atom. The topological polar surface area (TPSA) is 59.8 Å². The number of carbonyl (C=O) groups excluding carboxylic acids is 1. The minimum Gasteiger partial charge on any atom is -0.349 e. The lowest BCUT2D eigenvalue weighted by atomic mass is 10.0. The standard InChI is InChI=1S/C23H28N4OS/c1-4-11-20(18-13-7-6-8-14-18)24-21(28)16-29-23-26-25-22(27(23)5-2)19-15-10-9-12-17(19)3/h6-10,12-15,20H,4-5,11,16H2,1-3H3,(H,24,28). The third-order valence-electron chi connectivity index (χ3n) is 4.87. The van der Waals surface area contributed by atoms with Gasteiger partial charge in [0.2, 0.25) is 5.91 Å². The van der Waals surface area contributed by atoms with Gasteiger partial charge < -0.3 is 9.88 Å². The van der Waals surface area contributed by atoms with Crippen LogP contribution in [-0.4, -0.2) is 26.4 Å². The van der Waals surface area contributed by atoms with Gasteiger partial charge in [-0.3, -0.25) is 4.79 Å². The molecule has 0 radical (unpaired) electrons. The van der Waals surface area contributed by atoms with E-state index in [-0.39, 0.29) is 11.9 Å². The van der Waals surface area contributed by atoms with Gasteiger partial charge in [0.15, 0.2) is 11.0 Å². The van der Waals surface area contributed by atoms with Gasteiger partial charge >= 0.3 is 0 Å². The SMILES string of the molecule is CCCC(NC(=O)CSc1nnc(-c2ccccc2C)n1CC)c1ccccc1. The number of thioether (sulfide) groups is 1. The Balaban J connectivity index is 1.68. The Morgan fingerprint density at radius 2 is 1.79 bits per heavy atom. The van der Waals surface area contributed by atoms with E-state index in [0.29, 0.717) is 5.75 Å². The van der Waals surface area contributed by atoms with Gasteiger partial charge in [-0.1, -0.05) is 79.7 Å². The van der Waals surface area contributed by atoms with Crippen LogP contribution in [0.1, 0.15) is 43.9 Å². The molecule has 3 rings (SSSR count). The first-order valence-electron chi connectivity index (χ1n) is 10.1. The van der Waals surface area contributed by atoms with Crippen LogP contribution in [0.15, 0.2) is 59.8 Å². The number of nitrogens with zero attached hydrogens (tertiary/aromatic N) is 3. The number of nitrogens with one attached hydrogen (secondary N) is 1. The van der Waals surface area contributed by atoms with E-state index in [0.717, 1.165) is 47.1 Å². The molecule has 3 aromatic rings. The highest BCUT2D eigenvalue weighted by atomic mass is 32.2. The van der Waals surface area contributed by atoms with Crippen LogP contribution >= 0.6 is 11.8 Å². The van der Waals surface area contributed by atoms with Crippen LogP contribution in [-0.2, 0) is 11.3 Å². The van der Waals surface area contributed by atoms with Crippen molar-refractivity contribution in [1.82, 2.24) is 20.1 Å². The summed E-state index contributed by atoms with van der Waals surface area (Å²) in [6, 6.07) is 18.3. The first-order chi connectivity index (χ1) is 14.1. The van der Waals surface area contributed by atoms with Crippen LogP contribution in [0, 0.1) is 6.92 Å². The summed E-state index contributed by atoms with van der Waals surface area (Å²) < 4.78 is 2.07. The number of hydrogen-bond donors (Lipinski definition) is 1. The molecule has 0 saturated carbocycles. The fourth-order valence-corrected chi connectivity index (χ4v) is 4.18. The molecule has 29 heavy (non-hydrogen) atoms. The molecular weight excluding hydrogens is 380 g/mol. The molecule has 0 aliphatic heterocycles. The second kappa shape index (κ2) is 10.3. The average molecular weight is 409 g/mol. The van der Waals surface area contributed by atoms with Gasteiger partial charge in [0.25, 0.3) is 0 Å². The monoisotopic (exact) mass is 408 g/mol. The van der Waals surface area contributed by atoms with Crippen molar-refractivity contribution in [3.05, 3.63) is 65.7 Å². The van der Waals surface area contributed by atoms with Crippen molar-refractivity contribution in [2.24, 2.45) is 0 Å². The molecule has 1 N–H and O–H groups in total. The van der Waals surface area contributed by atoms with Crippen molar-refractivity contribution >= 4 is 17.7 Å². The first-order valence-corrected chi connectivity index (χ1v) is 11.1. The summed E-state index contributed by atoms with van der Waals surface area (Å²) in [6.45, 7) is 7.03. The van der Waals surface area contributed by atoms with Crippen molar-refractivity contribution in [3.63, 3.8) is 0 Å². The molecule has 1 heterocycles. The van der Waals surface area contributed by atoms with Gasteiger partial charge in [0.1, 0.15) is 0 Å². The molecule has 0 fully saturated rings. The number of aryl methyl sites for hydroxylation is 1. The zero-order valence-electron chi connectivity index (χ0n) is 17.3.